The third kappa shape index (κ3) is 28.8. The molecule has 0 saturated heterocycles. The van der Waals surface area contributed by atoms with Crippen molar-refractivity contribution >= 4 is 0 Å². The molecule has 0 fully saturated rings. The van der Waals surface area contributed by atoms with Gasteiger partial charge in [-0.1, -0.05) is 233 Å². The van der Waals surface area contributed by atoms with Crippen LogP contribution in [0.2, 0.25) is 0 Å². The highest BCUT2D eigenvalue weighted by molar-refractivity contribution is 4.97. The van der Waals surface area contributed by atoms with Gasteiger partial charge in [0.2, 0.25) is 0 Å². The molecule has 0 aromatic carbocycles. The van der Waals surface area contributed by atoms with E-state index in [0.717, 1.165) is 0 Å². The van der Waals surface area contributed by atoms with Crippen LogP contribution in [0.15, 0.2) is 12.4 Å². The Balaban J connectivity index is 2.19. The van der Waals surface area contributed by atoms with Crippen LogP contribution in [0.25, 0.3) is 0 Å². The minimum Gasteiger partial charge on any atom is -0.356 e. The first kappa shape index (κ1) is 44.4. The number of hydrogen-bond donors (Lipinski definition) is 0. The van der Waals surface area contributed by atoms with Crippen LogP contribution in [-0.2, 0) is 0 Å². The van der Waals surface area contributed by atoms with Crippen molar-refractivity contribution in [2.75, 3.05) is 13.1 Å². The fraction of sp³-hybridized carbons (Fsp3) is 0.956. The number of nitrogens with zero attached hydrogens (tertiary/aromatic N) is 2. The van der Waals surface area contributed by atoms with Crippen molar-refractivity contribution in [2.24, 2.45) is 0 Å². The van der Waals surface area contributed by atoms with Crippen molar-refractivity contribution in [1.29, 1.82) is 0 Å². The van der Waals surface area contributed by atoms with Gasteiger partial charge < -0.3 is 9.80 Å². The highest BCUT2D eigenvalue weighted by atomic mass is 15.4. The summed E-state index contributed by atoms with van der Waals surface area (Å²) >= 11 is 0. The van der Waals surface area contributed by atoms with Gasteiger partial charge in [-0.2, -0.15) is 0 Å². The summed E-state index contributed by atoms with van der Waals surface area (Å²) in [7, 11) is 0. The number of rotatable bonds is 39. The molecular formula is C45H90N2. The average molecular weight is 659 g/mol. The molecule has 2 nitrogen and oxygen atoms in total. The fourth-order valence-electron chi connectivity index (χ4n) is 7.78. The van der Waals surface area contributed by atoms with Gasteiger partial charge in [0.25, 0.3) is 0 Å². The van der Waals surface area contributed by atoms with Crippen LogP contribution in [0.1, 0.15) is 258 Å². The highest BCUT2D eigenvalue weighted by Crippen LogP contribution is 2.24. The van der Waals surface area contributed by atoms with Crippen LogP contribution in [0.4, 0.5) is 0 Å². The molecule has 1 aliphatic heterocycles. The molecule has 0 spiro atoms. The Morgan fingerprint density at radius 2 is 0.489 bits per heavy atom. The largest absolute Gasteiger partial charge is 0.356 e. The maximum atomic E-state index is 2.73. The SMILES string of the molecule is CCCCCCCCCCCCCCCCCCC1N(CCCCCCCCCCCC)C=CN1CCCCCCCCCCCC. The smallest absolute Gasteiger partial charge is 0.101 e. The molecule has 47 heavy (non-hydrogen) atoms. The van der Waals surface area contributed by atoms with E-state index in [2.05, 4.69) is 43.0 Å². The zero-order valence-corrected chi connectivity index (χ0v) is 33.2. The lowest BCUT2D eigenvalue weighted by molar-refractivity contribution is 0.135. The molecular weight excluding hydrogens is 569 g/mol. The van der Waals surface area contributed by atoms with E-state index >= 15 is 0 Å². The van der Waals surface area contributed by atoms with Crippen LogP contribution in [0, 0.1) is 0 Å². The minimum atomic E-state index is 0.638. The van der Waals surface area contributed by atoms with Gasteiger partial charge in [-0.3, -0.25) is 0 Å². The lowest BCUT2D eigenvalue weighted by Gasteiger charge is -2.33. The Morgan fingerprint density at radius 3 is 0.745 bits per heavy atom. The quantitative estimate of drug-likeness (QED) is 0.0606. The van der Waals surface area contributed by atoms with Gasteiger partial charge in [-0.05, 0) is 25.7 Å². The Hall–Kier alpha value is -0.660. The molecule has 1 heterocycles. The van der Waals surface area contributed by atoms with E-state index in [-0.39, 0.29) is 0 Å². The fourth-order valence-corrected chi connectivity index (χ4v) is 7.78. The van der Waals surface area contributed by atoms with Gasteiger partial charge in [0, 0.05) is 25.5 Å². The molecule has 2 heteroatoms. The highest BCUT2D eigenvalue weighted by Gasteiger charge is 2.24. The minimum absolute atomic E-state index is 0.638. The summed E-state index contributed by atoms with van der Waals surface area (Å²) in [5.74, 6) is 0. The molecule has 0 aromatic heterocycles. The maximum absolute atomic E-state index is 2.73. The molecule has 1 aliphatic rings. The lowest BCUT2D eigenvalue weighted by Crippen LogP contribution is -2.39. The molecule has 0 unspecified atom stereocenters. The summed E-state index contributed by atoms with van der Waals surface area (Å²) in [5.41, 5.74) is 0. The summed E-state index contributed by atoms with van der Waals surface area (Å²) in [6, 6.07) is 0. The Bertz CT molecular complexity index is 581. The van der Waals surface area contributed by atoms with Crippen LogP contribution in [0.5, 0.6) is 0 Å². The topological polar surface area (TPSA) is 6.48 Å². The van der Waals surface area contributed by atoms with Crippen LogP contribution < -0.4 is 0 Å². The second-order valence-electron chi connectivity index (χ2n) is 15.7. The van der Waals surface area contributed by atoms with E-state index in [1.807, 2.05) is 0 Å². The molecule has 0 saturated carbocycles. The average Bonchev–Trinajstić information content (AvgIpc) is 3.47. The van der Waals surface area contributed by atoms with Crippen molar-refractivity contribution in [3.63, 3.8) is 0 Å². The van der Waals surface area contributed by atoms with Crippen molar-refractivity contribution < 1.29 is 0 Å². The maximum Gasteiger partial charge on any atom is 0.101 e. The molecule has 0 N–H and O–H groups in total. The van der Waals surface area contributed by atoms with Crippen LogP contribution in [0.3, 0.4) is 0 Å². The third-order valence-electron chi connectivity index (χ3n) is 11.1. The molecule has 0 amide bonds. The van der Waals surface area contributed by atoms with Gasteiger partial charge >= 0.3 is 0 Å². The molecule has 0 atom stereocenters. The van der Waals surface area contributed by atoms with Crippen molar-refractivity contribution in [3.05, 3.63) is 12.4 Å². The van der Waals surface area contributed by atoms with Crippen molar-refractivity contribution in [2.45, 2.75) is 265 Å². The standard InChI is InChI=1S/C45H90N2/c1-4-7-10-13-16-19-22-23-24-25-26-27-28-31-34-37-40-45-46(41-38-35-32-29-20-17-14-11-8-5-2)43-44-47(45)42-39-36-33-30-21-18-15-12-9-6-3/h43-45H,4-42H2,1-3H3. The van der Waals surface area contributed by atoms with Gasteiger partial charge in [0.1, 0.15) is 6.17 Å². The molecule has 0 bridgehead atoms. The molecule has 0 aliphatic carbocycles. The molecule has 0 radical (unpaired) electrons. The van der Waals surface area contributed by atoms with Gasteiger partial charge in [0.15, 0.2) is 0 Å². The second kappa shape index (κ2) is 36.6. The zero-order chi connectivity index (χ0) is 33.7. The Labute approximate surface area is 299 Å². The predicted molar refractivity (Wildman–Crippen MR) is 214 cm³/mol. The first-order valence-electron chi connectivity index (χ1n) is 22.5. The first-order chi connectivity index (χ1) is 23.3. The van der Waals surface area contributed by atoms with Gasteiger partial charge in [-0.15, -0.1) is 0 Å². The van der Waals surface area contributed by atoms with E-state index < -0.39 is 0 Å². The summed E-state index contributed by atoms with van der Waals surface area (Å²) in [4.78, 5) is 5.46. The predicted octanol–water partition coefficient (Wildman–Crippen LogP) is 15.9. The van der Waals surface area contributed by atoms with E-state index in [1.165, 1.54) is 251 Å². The van der Waals surface area contributed by atoms with E-state index in [0.29, 0.717) is 6.17 Å². The third-order valence-corrected chi connectivity index (χ3v) is 11.1. The van der Waals surface area contributed by atoms with Crippen LogP contribution in [-0.4, -0.2) is 29.1 Å². The first-order valence-corrected chi connectivity index (χ1v) is 22.5. The van der Waals surface area contributed by atoms with E-state index in [4.69, 9.17) is 0 Å². The summed E-state index contributed by atoms with van der Waals surface area (Å²) in [6.45, 7) is 9.49. The second-order valence-corrected chi connectivity index (χ2v) is 15.7. The van der Waals surface area contributed by atoms with E-state index in [9.17, 15) is 0 Å². The number of unbranched alkanes of at least 4 members (excludes halogenated alkanes) is 33. The summed E-state index contributed by atoms with van der Waals surface area (Å²) in [6.07, 6.45) is 58.9. The number of hydrogen-bond acceptors (Lipinski definition) is 2. The lowest BCUT2D eigenvalue weighted by atomic mass is 10.0. The summed E-state index contributed by atoms with van der Waals surface area (Å²) < 4.78 is 0. The Kier molecular flexibility index (Phi) is 34.6. The van der Waals surface area contributed by atoms with Gasteiger partial charge in [-0.25, -0.2) is 0 Å². The Morgan fingerprint density at radius 1 is 0.277 bits per heavy atom. The zero-order valence-electron chi connectivity index (χ0n) is 33.2. The summed E-state index contributed by atoms with van der Waals surface area (Å²) in [5, 5.41) is 0. The molecule has 280 valence electrons. The van der Waals surface area contributed by atoms with Crippen LogP contribution >= 0.6 is 0 Å². The van der Waals surface area contributed by atoms with Gasteiger partial charge in [0.05, 0.1) is 0 Å². The van der Waals surface area contributed by atoms with Crippen molar-refractivity contribution in [3.8, 4) is 0 Å². The van der Waals surface area contributed by atoms with E-state index in [1.54, 1.807) is 0 Å². The van der Waals surface area contributed by atoms with Crippen molar-refractivity contribution in [1.82, 2.24) is 9.80 Å². The monoisotopic (exact) mass is 659 g/mol. The normalized spacial score (nSPS) is 13.5. The molecule has 1 rings (SSSR count). The molecule has 0 aromatic rings.